The van der Waals surface area contributed by atoms with Gasteiger partial charge in [0.05, 0.1) is 18.1 Å². The van der Waals surface area contributed by atoms with E-state index in [1.165, 1.54) is 0 Å². The molecule has 2 rings (SSSR count). The molecule has 0 aliphatic heterocycles. The lowest BCUT2D eigenvalue weighted by molar-refractivity contribution is 0.271. The van der Waals surface area contributed by atoms with Gasteiger partial charge in [0, 0.05) is 0 Å². The summed E-state index contributed by atoms with van der Waals surface area (Å²) in [7, 11) is 0. The summed E-state index contributed by atoms with van der Waals surface area (Å²) in [6.07, 6.45) is 0.982. The van der Waals surface area contributed by atoms with Crippen molar-refractivity contribution in [1.82, 2.24) is 0 Å². The fourth-order valence-corrected chi connectivity index (χ4v) is 2.16. The van der Waals surface area contributed by atoms with Crippen LogP contribution in [0.5, 0.6) is 5.75 Å². The largest absolute Gasteiger partial charge is 0.493 e. The highest BCUT2D eigenvalue weighted by Crippen LogP contribution is 2.53. The molecule has 1 aromatic rings. The number of ether oxygens (including phenoxy) is 1. The predicted octanol–water partition coefficient (Wildman–Crippen LogP) is 3.52. The lowest BCUT2D eigenvalue weighted by Crippen LogP contribution is -2.07. The fraction of sp³-hybridized carbons (Fsp3) is 0.533. The van der Waals surface area contributed by atoms with Gasteiger partial charge in [0.1, 0.15) is 5.75 Å². The maximum absolute atomic E-state index is 9.24. The molecule has 1 aliphatic rings. The Morgan fingerprint density at radius 2 is 2.00 bits per heavy atom. The Hall–Kier alpha value is -1.49. The normalized spacial score (nSPS) is 26.6. The van der Waals surface area contributed by atoms with Crippen LogP contribution in [0, 0.1) is 23.2 Å². The number of hydrogen-bond acceptors (Lipinski definition) is 2. The van der Waals surface area contributed by atoms with E-state index in [1.807, 2.05) is 24.3 Å². The SMILES string of the molecule is CC(C)COc1ccc(C2(C#N)CC2C)cc1. The Balaban J connectivity index is 2.07. The highest BCUT2D eigenvalue weighted by Gasteiger charge is 2.53. The molecule has 2 unspecified atom stereocenters. The van der Waals surface area contributed by atoms with Crippen LogP contribution in [0.15, 0.2) is 24.3 Å². The molecule has 0 saturated heterocycles. The number of nitrogens with zero attached hydrogens (tertiary/aromatic N) is 1. The van der Waals surface area contributed by atoms with E-state index >= 15 is 0 Å². The van der Waals surface area contributed by atoms with E-state index in [0.29, 0.717) is 11.8 Å². The van der Waals surface area contributed by atoms with Crippen molar-refractivity contribution in [2.45, 2.75) is 32.6 Å². The molecule has 1 aromatic carbocycles. The van der Waals surface area contributed by atoms with Crippen molar-refractivity contribution in [2.75, 3.05) is 6.61 Å². The minimum Gasteiger partial charge on any atom is -0.493 e. The molecule has 0 radical (unpaired) electrons. The molecule has 0 amide bonds. The fourth-order valence-electron chi connectivity index (χ4n) is 2.16. The van der Waals surface area contributed by atoms with Crippen molar-refractivity contribution >= 4 is 0 Å². The summed E-state index contributed by atoms with van der Waals surface area (Å²) in [5, 5.41) is 9.24. The molecule has 90 valence electrons. The zero-order valence-electron chi connectivity index (χ0n) is 10.7. The summed E-state index contributed by atoms with van der Waals surface area (Å²) in [5.74, 6) is 1.90. The molecule has 2 nitrogen and oxygen atoms in total. The van der Waals surface area contributed by atoms with E-state index in [-0.39, 0.29) is 5.41 Å². The van der Waals surface area contributed by atoms with Crippen LogP contribution in [0.4, 0.5) is 0 Å². The summed E-state index contributed by atoms with van der Waals surface area (Å²) in [6, 6.07) is 10.5. The first-order valence-electron chi connectivity index (χ1n) is 6.23. The minimum absolute atomic E-state index is 0.226. The van der Waals surface area contributed by atoms with Gasteiger partial charge in [0.15, 0.2) is 0 Å². The summed E-state index contributed by atoms with van der Waals surface area (Å²) < 4.78 is 5.63. The lowest BCUT2D eigenvalue weighted by Gasteiger charge is -2.11. The third kappa shape index (κ3) is 2.29. The minimum atomic E-state index is -0.226. The quantitative estimate of drug-likeness (QED) is 0.791. The van der Waals surface area contributed by atoms with Crippen molar-refractivity contribution in [3.05, 3.63) is 29.8 Å². The molecule has 2 heteroatoms. The average Bonchev–Trinajstić information content (AvgIpc) is 2.99. The Morgan fingerprint density at radius 3 is 2.41 bits per heavy atom. The molecule has 2 atom stereocenters. The average molecular weight is 229 g/mol. The van der Waals surface area contributed by atoms with Gasteiger partial charge in [0.2, 0.25) is 0 Å². The maximum atomic E-state index is 9.24. The second kappa shape index (κ2) is 4.41. The van der Waals surface area contributed by atoms with Gasteiger partial charge in [0.25, 0.3) is 0 Å². The summed E-state index contributed by atoms with van der Waals surface area (Å²) in [4.78, 5) is 0. The van der Waals surface area contributed by atoms with Gasteiger partial charge < -0.3 is 4.74 Å². The molecule has 0 bridgehead atoms. The van der Waals surface area contributed by atoms with Gasteiger partial charge in [-0.05, 0) is 36.0 Å². The van der Waals surface area contributed by atoms with E-state index in [9.17, 15) is 5.26 Å². The van der Waals surface area contributed by atoms with Crippen LogP contribution >= 0.6 is 0 Å². The molecular weight excluding hydrogens is 210 g/mol. The van der Waals surface area contributed by atoms with Gasteiger partial charge in [-0.1, -0.05) is 32.9 Å². The van der Waals surface area contributed by atoms with Crippen molar-refractivity contribution in [3.63, 3.8) is 0 Å². The van der Waals surface area contributed by atoms with Crippen LogP contribution in [0.25, 0.3) is 0 Å². The smallest absolute Gasteiger partial charge is 0.119 e. The predicted molar refractivity (Wildman–Crippen MR) is 67.8 cm³/mol. The standard InChI is InChI=1S/C15H19NO/c1-11(2)9-17-14-6-4-13(5-7-14)15(10-16)8-12(15)3/h4-7,11-12H,8-9H2,1-3H3. The van der Waals surface area contributed by atoms with Gasteiger partial charge in [-0.3, -0.25) is 0 Å². The van der Waals surface area contributed by atoms with Gasteiger partial charge >= 0.3 is 0 Å². The first-order valence-corrected chi connectivity index (χ1v) is 6.23. The van der Waals surface area contributed by atoms with Crippen LogP contribution < -0.4 is 4.74 Å². The highest BCUT2D eigenvalue weighted by atomic mass is 16.5. The number of benzene rings is 1. The maximum Gasteiger partial charge on any atom is 0.119 e. The Kier molecular flexibility index (Phi) is 3.11. The van der Waals surface area contributed by atoms with Crippen LogP contribution in [0.3, 0.4) is 0 Å². The zero-order chi connectivity index (χ0) is 12.5. The van der Waals surface area contributed by atoms with Crippen molar-refractivity contribution in [1.29, 1.82) is 5.26 Å². The van der Waals surface area contributed by atoms with E-state index in [0.717, 1.165) is 24.3 Å². The Morgan fingerprint density at radius 1 is 1.41 bits per heavy atom. The van der Waals surface area contributed by atoms with Crippen LogP contribution in [0.1, 0.15) is 32.8 Å². The second-order valence-corrected chi connectivity index (χ2v) is 5.42. The lowest BCUT2D eigenvalue weighted by atomic mass is 9.95. The molecule has 1 fully saturated rings. The molecule has 0 N–H and O–H groups in total. The molecule has 0 aromatic heterocycles. The number of nitriles is 1. The van der Waals surface area contributed by atoms with Crippen LogP contribution in [-0.2, 0) is 5.41 Å². The number of rotatable bonds is 4. The first kappa shape index (κ1) is 12.0. The van der Waals surface area contributed by atoms with E-state index in [1.54, 1.807) is 0 Å². The van der Waals surface area contributed by atoms with Crippen molar-refractivity contribution < 1.29 is 4.74 Å². The Labute approximate surface area is 103 Å². The molecule has 0 heterocycles. The van der Waals surface area contributed by atoms with Crippen molar-refractivity contribution in [3.8, 4) is 11.8 Å². The molecule has 1 saturated carbocycles. The first-order chi connectivity index (χ1) is 8.08. The molecule has 17 heavy (non-hydrogen) atoms. The van der Waals surface area contributed by atoms with Crippen LogP contribution in [0.2, 0.25) is 0 Å². The van der Waals surface area contributed by atoms with E-state index in [2.05, 4.69) is 26.8 Å². The number of hydrogen-bond donors (Lipinski definition) is 0. The molecule has 0 spiro atoms. The van der Waals surface area contributed by atoms with Crippen molar-refractivity contribution in [2.24, 2.45) is 11.8 Å². The molecular formula is C15H19NO. The van der Waals surface area contributed by atoms with Gasteiger partial charge in [-0.2, -0.15) is 5.26 Å². The Bertz CT molecular complexity index is 429. The topological polar surface area (TPSA) is 33.0 Å². The summed E-state index contributed by atoms with van der Waals surface area (Å²) in [6.45, 7) is 7.13. The van der Waals surface area contributed by atoms with E-state index in [4.69, 9.17) is 4.74 Å². The zero-order valence-corrected chi connectivity index (χ0v) is 10.7. The summed E-state index contributed by atoms with van der Waals surface area (Å²) >= 11 is 0. The summed E-state index contributed by atoms with van der Waals surface area (Å²) in [5.41, 5.74) is 0.903. The van der Waals surface area contributed by atoms with Crippen LogP contribution in [-0.4, -0.2) is 6.61 Å². The van der Waals surface area contributed by atoms with E-state index < -0.39 is 0 Å². The molecule has 1 aliphatic carbocycles. The third-order valence-electron chi connectivity index (χ3n) is 3.46. The van der Waals surface area contributed by atoms with Gasteiger partial charge in [-0.25, -0.2) is 0 Å². The highest BCUT2D eigenvalue weighted by molar-refractivity contribution is 5.43. The van der Waals surface area contributed by atoms with Gasteiger partial charge in [-0.15, -0.1) is 0 Å². The third-order valence-corrected chi connectivity index (χ3v) is 3.46. The second-order valence-electron chi connectivity index (χ2n) is 5.42. The monoisotopic (exact) mass is 229 g/mol.